The van der Waals surface area contributed by atoms with Crippen LogP contribution in [-0.2, 0) is 19.4 Å². The molecule has 0 spiro atoms. The third-order valence-electron chi connectivity index (χ3n) is 4.96. The molecule has 2 heterocycles. The van der Waals surface area contributed by atoms with Gasteiger partial charge in [-0.05, 0) is 43.2 Å². The number of benzene rings is 1. The Balaban J connectivity index is 1.39. The summed E-state index contributed by atoms with van der Waals surface area (Å²) in [7, 11) is 0. The minimum absolute atomic E-state index is 0.531. The van der Waals surface area contributed by atoms with Crippen molar-refractivity contribution in [1.29, 1.82) is 0 Å². The summed E-state index contributed by atoms with van der Waals surface area (Å²) in [5.41, 5.74) is 3.93. The molecule has 4 rings (SSSR count). The van der Waals surface area contributed by atoms with Crippen LogP contribution in [0.1, 0.15) is 36.1 Å². The van der Waals surface area contributed by atoms with E-state index in [0.717, 1.165) is 44.8 Å². The Labute approximate surface area is 138 Å². The van der Waals surface area contributed by atoms with Gasteiger partial charge in [0.2, 0.25) is 5.95 Å². The number of fused-ring (bicyclic) bond motifs is 1. The maximum atomic E-state index is 4.84. The first-order chi connectivity index (χ1) is 11.4. The fraction of sp³-hybridized carbons (Fsp3) is 0.474. The number of nitrogens with zero attached hydrogens (tertiary/aromatic N) is 3. The second-order valence-electron chi connectivity index (χ2n) is 6.64. The van der Waals surface area contributed by atoms with Gasteiger partial charge >= 0.3 is 0 Å². The Morgan fingerprint density at radius 3 is 2.78 bits per heavy atom. The normalized spacial score (nSPS) is 20.5. The van der Waals surface area contributed by atoms with E-state index in [2.05, 4.69) is 51.7 Å². The number of anilines is 1. The molecule has 0 amide bonds. The summed E-state index contributed by atoms with van der Waals surface area (Å²) in [6.07, 6.45) is 7.87. The summed E-state index contributed by atoms with van der Waals surface area (Å²) in [6, 6.07) is 11.1. The van der Waals surface area contributed by atoms with Crippen molar-refractivity contribution in [3.05, 3.63) is 53.3 Å². The zero-order chi connectivity index (χ0) is 15.5. The van der Waals surface area contributed by atoms with Gasteiger partial charge in [-0.15, -0.1) is 0 Å². The highest BCUT2D eigenvalue weighted by atomic mass is 15.3. The Bertz CT molecular complexity index is 650. The van der Waals surface area contributed by atoms with Crippen LogP contribution in [0, 0.1) is 0 Å². The Morgan fingerprint density at radius 1 is 1.13 bits per heavy atom. The van der Waals surface area contributed by atoms with E-state index in [1.54, 1.807) is 0 Å². The fourth-order valence-corrected chi connectivity index (χ4v) is 3.60. The highest BCUT2D eigenvalue weighted by Gasteiger charge is 2.22. The van der Waals surface area contributed by atoms with Crippen LogP contribution in [-0.4, -0.2) is 29.1 Å². The summed E-state index contributed by atoms with van der Waals surface area (Å²) in [4.78, 5) is 11.8. The molecule has 2 aromatic rings. The van der Waals surface area contributed by atoms with Crippen LogP contribution in [0.15, 0.2) is 36.5 Å². The first-order valence-electron chi connectivity index (χ1n) is 8.75. The van der Waals surface area contributed by atoms with Crippen molar-refractivity contribution in [2.75, 3.05) is 18.0 Å². The first kappa shape index (κ1) is 14.6. The molecule has 1 N–H and O–H groups in total. The molecule has 1 atom stereocenters. The molecule has 1 aliphatic heterocycles. The molecule has 2 aliphatic rings. The summed E-state index contributed by atoms with van der Waals surface area (Å²) < 4.78 is 0. The number of hydrogen-bond acceptors (Lipinski definition) is 4. The van der Waals surface area contributed by atoms with Crippen LogP contribution >= 0.6 is 0 Å². The van der Waals surface area contributed by atoms with Gasteiger partial charge in [0.25, 0.3) is 0 Å². The molecule has 1 aromatic carbocycles. The van der Waals surface area contributed by atoms with Gasteiger partial charge in [0.05, 0.1) is 0 Å². The summed E-state index contributed by atoms with van der Waals surface area (Å²) in [6.45, 7) is 3.16. The largest absolute Gasteiger partial charge is 0.341 e. The lowest BCUT2D eigenvalue weighted by atomic mass is 9.92. The van der Waals surface area contributed by atoms with Crippen molar-refractivity contribution >= 4 is 5.95 Å². The highest BCUT2D eigenvalue weighted by molar-refractivity contribution is 5.35. The molecule has 23 heavy (non-hydrogen) atoms. The van der Waals surface area contributed by atoms with Crippen LogP contribution in [0.5, 0.6) is 0 Å². The van der Waals surface area contributed by atoms with Crippen molar-refractivity contribution in [2.24, 2.45) is 0 Å². The van der Waals surface area contributed by atoms with Gasteiger partial charge in [-0.2, -0.15) is 0 Å². The van der Waals surface area contributed by atoms with Gasteiger partial charge in [-0.3, -0.25) is 0 Å². The molecule has 0 bridgehead atoms. The minimum atomic E-state index is 0.531. The van der Waals surface area contributed by atoms with Crippen LogP contribution in [0.25, 0.3) is 0 Å². The van der Waals surface area contributed by atoms with Crippen LogP contribution in [0.4, 0.5) is 5.95 Å². The maximum absolute atomic E-state index is 4.84. The molecular weight excluding hydrogens is 284 g/mol. The van der Waals surface area contributed by atoms with E-state index in [1.165, 1.54) is 29.7 Å². The second-order valence-corrected chi connectivity index (χ2v) is 6.64. The van der Waals surface area contributed by atoms with Crippen molar-refractivity contribution in [1.82, 2.24) is 15.3 Å². The van der Waals surface area contributed by atoms with E-state index in [0.29, 0.717) is 6.04 Å². The average Bonchev–Trinajstić information content (AvgIpc) is 3.15. The molecule has 0 unspecified atom stereocenters. The number of aromatic nitrogens is 2. The van der Waals surface area contributed by atoms with Gasteiger partial charge in [0.1, 0.15) is 0 Å². The molecule has 1 aliphatic carbocycles. The molecule has 0 radical (unpaired) electrons. The predicted molar refractivity (Wildman–Crippen MR) is 92.6 cm³/mol. The highest BCUT2D eigenvalue weighted by Crippen LogP contribution is 2.23. The van der Waals surface area contributed by atoms with Gasteiger partial charge in [0, 0.05) is 37.6 Å². The van der Waals surface area contributed by atoms with E-state index in [-0.39, 0.29) is 0 Å². The summed E-state index contributed by atoms with van der Waals surface area (Å²) >= 11 is 0. The molecule has 1 saturated heterocycles. The van der Waals surface area contributed by atoms with Gasteiger partial charge in [-0.1, -0.05) is 30.3 Å². The van der Waals surface area contributed by atoms with Crippen LogP contribution in [0.2, 0.25) is 0 Å². The van der Waals surface area contributed by atoms with Crippen LogP contribution in [0.3, 0.4) is 0 Å². The second kappa shape index (κ2) is 6.67. The fourth-order valence-electron chi connectivity index (χ4n) is 3.60. The van der Waals surface area contributed by atoms with Crippen LogP contribution < -0.4 is 10.2 Å². The number of rotatable bonds is 4. The van der Waals surface area contributed by atoms with Gasteiger partial charge in [-0.25, -0.2) is 9.97 Å². The molecule has 1 fully saturated rings. The standard InChI is InChI=1S/C19H24N4/c1-2-6-15(7-3-1)13-20-17-8-9-18-16(12-17)14-21-19(22-18)23-10-4-5-11-23/h1-3,6-7,14,17,20H,4-5,8-13H2/t17-/m1/s1. The monoisotopic (exact) mass is 308 g/mol. The Hall–Kier alpha value is -1.94. The molecule has 1 aromatic heterocycles. The van der Waals surface area contributed by atoms with E-state index in [1.807, 2.05) is 0 Å². The van der Waals surface area contributed by atoms with Crippen molar-refractivity contribution in [3.63, 3.8) is 0 Å². The summed E-state index contributed by atoms with van der Waals surface area (Å²) in [5.74, 6) is 0.942. The van der Waals surface area contributed by atoms with Crippen molar-refractivity contribution in [3.8, 4) is 0 Å². The molecular formula is C19H24N4. The lowest BCUT2D eigenvalue weighted by Gasteiger charge is -2.26. The SMILES string of the molecule is c1ccc(CN[C@@H]2CCc3nc(N4CCCC4)ncc3C2)cc1. The number of aryl methyl sites for hydroxylation is 1. The quantitative estimate of drug-likeness (QED) is 0.943. The lowest BCUT2D eigenvalue weighted by molar-refractivity contribution is 0.452. The minimum Gasteiger partial charge on any atom is -0.341 e. The van der Waals surface area contributed by atoms with Gasteiger partial charge < -0.3 is 10.2 Å². The zero-order valence-corrected chi connectivity index (χ0v) is 13.5. The predicted octanol–water partition coefficient (Wildman–Crippen LogP) is 2.72. The molecule has 4 nitrogen and oxygen atoms in total. The third-order valence-corrected chi connectivity index (χ3v) is 4.96. The van der Waals surface area contributed by atoms with Gasteiger partial charge in [0.15, 0.2) is 0 Å². The average molecular weight is 308 g/mol. The van der Waals surface area contributed by atoms with Crippen molar-refractivity contribution in [2.45, 2.75) is 44.7 Å². The van der Waals surface area contributed by atoms with E-state index in [4.69, 9.17) is 4.98 Å². The van der Waals surface area contributed by atoms with Crippen molar-refractivity contribution < 1.29 is 0 Å². The van der Waals surface area contributed by atoms with E-state index >= 15 is 0 Å². The maximum Gasteiger partial charge on any atom is 0.225 e. The van der Waals surface area contributed by atoms with E-state index < -0.39 is 0 Å². The third kappa shape index (κ3) is 3.37. The molecule has 120 valence electrons. The number of nitrogens with one attached hydrogen (secondary N) is 1. The zero-order valence-electron chi connectivity index (χ0n) is 13.5. The first-order valence-corrected chi connectivity index (χ1v) is 8.75. The lowest BCUT2D eigenvalue weighted by Crippen LogP contribution is -2.35. The van der Waals surface area contributed by atoms with E-state index in [9.17, 15) is 0 Å². The Kier molecular flexibility index (Phi) is 4.24. The topological polar surface area (TPSA) is 41.1 Å². The molecule has 4 heteroatoms. The molecule has 0 saturated carbocycles. The summed E-state index contributed by atoms with van der Waals surface area (Å²) in [5, 5.41) is 3.68. The number of hydrogen-bond donors (Lipinski definition) is 1. The smallest absolute Gasteiger partial charge is 0.225 e. The Morgan fingerprint density at radius 2 is 1.96 bits per heavy atom.